The maximum absolute atomic E-state index is 12.7. The van der Waals surface area contributed by atoms with Crippen molar-refractivity contribution in [1.29, 1.82) is 0 Å². The van der Waals surface area contributed by atoms with Gasteiger partial charge in [-0.15, -0.1) is 11.8 Å². The monoisotopic (exact) mass is 486 g/mol. The highest BCUT2D eigenvalue weighted by atomic mass is 32.2. The number of fused-ring (bicyclic) bond motifs is 1. The Kier molecular flexibility index (Phi) is 6.78. The number of carboxylic acid groups (broad SMARTS) is 2. The van der Waals surface area contributed by atoms with E-state index in [1.54, 1.807) is 35.4 Å². The lowest BCUT2D eigenvalue weighted by Gasteiger charge is -2.47. The number of nitrogens with two attached hydrogens (primary N) is 1. The highest BCUT2D eigenvalue weighted by Crippen LogP contribution is 2.40. The topological polar surface area (TPSA) is 154 Å². The fourth-order valence-corrected chi connectivity index (χ4v) is 4.59. The van der Waals surface area contributed by atoms with Gasteiger partial charge in [-0.25, -0.2) is 14.6 Å². The minimum absolute atomic E-state index is 0.0722. The zero-order chi connectivity index (χ0) is 24.5. The molecule has 3 aliphatic heterocycles. The summed E-state index contributed by atoms with van der Waals surface area (Å²) in [6.45, 7) is 0.487. The molecule has 0 aliphatic carbocycles. The first kappa shape index (κ1) is 24.3. The Labute approximate surface area is 188 Å². The van der Waals surface area contributed by atoms with Gasteiger partial charge in [0, 0.05) is 24.1 Å². The molecule has 2 amide bonds. The van der Waals surface area contributed by atoms with Crippen LogP contribution in [-0.2, 0) is 19.2 Å². The Bertz CT molecular complexity index is 1060. The number of hydrogen-bond donors (Lipinski definition) is 3. The zero-order valence-electron chi connectivity index (χ0n) is 16.7. The second kappa shape index (κ2) is 9.23. The molecule has 1 aromatic rings. The van der Waals surface area contributed by atoms with E-state index in [0.29, 0.717) is 35.7 Å². The number of rotatable bonds is 3. The summed E-state index contributed by atoms with van der Waals surface area (Å²) in [5.41, 5.74) is 6.65. The first-order valence-corrected chi connectivity index (χ1v) is 10.4. The van der Waals surface area contributed by atoms with Crippen molar-refractivity contribution in [3.63, 3.8) is 0 Å². The Morgan fingerprint density at radius 3 is 2.45 bits per heavy atom. The molecule has 0 bridgehead atoms. The van der Waals surface area contributed by atoms with Gasteiger partial charge >= 0.3 is 18.1 Å². The Hall–Kier alpha value is -3.39. The van der Waals surface area contributed by atoms with Crippen molar-refractivity contribution >= 4 is 41.3 Å². The summed E-state index contributed by atoms with van der Waals surface area (Å²) in [6, 6.07) is 4.66. The molecule has 33 heavy (non-hydrogen) atoms. The van der Waals surface area contributed by atoms with Crippen LogP contribution < -0.4 is 10.6 Å². The second-order valence-corrected chi connectivity index (χ2v) is 8.09. The molecule has 4 heterocycles. The lowest BCUT2D eigenvalue weighted by Crippen LogP contribution is -2.68. The van der Waals surface area contributed by atoms with Gasteiger partial charge < -0.3 is 15.9 Å². The van der Waals surface area contributed by atoms with Crippen LogP contribution in [0.1, 0.15) is 6.42 Å². The normalized spacial score (nSPS) is 23.7. The third-order valence-corrected chi connectivity index (χ3v) is 6.21. The fraction of sp³-hybridized carbons (Fsp3) is 0.316. The number of carboxylic acids is 2. The molecule has 3 aliphatic rings. The number of nitrogens with zero attached hydrogens (tertiary/aromatic N) is 3. The van der Waals surface area contributed by atoms with E-state index in [2.05, 4.69) is 4.98 Å². The number of pyridine rings is 1. The van der Waals surface area contributed by atoms with Gasteiger partial charge in [-0.05, 0) is 30.2 Å². The average Bonchev–Trinajstić information content (AvgIpc) is 3.13. The molecule has 0 spiro atoms. The number of halogens is 3. The molecule has 176 valence electrons. The molecule has 2 saturated heterocycles. The van der Waals surface area contributed by atoms with Gasteiger partial charge in [0.2, 0.25) is 5.91 Å². The largest absolute Gasteiger partial charge is 0.490 e. The summed E-state index contributed by atoms with van der Waals surface area (Å²) < 4.78 is 31.7. The molecule has 0 saturated carbocycles. The van der Waals surface area contributed by atoms with Crippen LogP contribution >= 0.6 is 11.8 Å². The maximum Gasteiger partial charge on any atom is 0.490 e. The SMILES string of the molecule is N[C@@H]1C(=O)N2C(C(=O)O)=C(/C=C3\CCN(c4ccccn4)C3=O)CS[C@H]12.O=C(O)C(F)(F)F. The molecule has 1 aromatic heterocycles. The van der Waals surface area contributed by atoms with E-state index in [1.807, 2.05) is 0 Å². The van der Waals surface area contributed by atoms with Crippen LogP contribution in [0.2, 0.25) is 0 Å². The number of thioether (sulfide) groups is 1. The van der Waals surface area contributed by atoms with Gasteiger partial charge in [0.1, 0.15) is 22.9 Å². The van der Waals surface area contributed by atoms with Crippen LogP contribution in [0.25, 0.3) is 0 Å². The summed E-state index contributed by atoms with van der Waals surface area (Å²) in [6.07, 6.45) is -1.37. The molecule has 2 atom stereocenters. The van der Waals surface area contributed by atoms with E-state index < -0.39 is 30.1 Å². The number of allylic oxidation sites excluding steroid dienone is 1. The number of carbonyl (C=O) groups is 4. The Morgan fingerprint density at radius 1 is 1.24 bits per heavy atom. The van der Waals surface area contributed by atoms with Gasteiger partial charge in [0.05, 0.1) is 0 Å². The Balaban J connectivity index is 0.000000383. The first-order chi connectivity index (χ1) is 15.4. The predicted octanol–water partition coefficient (Wildman–Crippen LogP) is 0.959. The average molecular weight is 486 g/mol. The molecule has 4 N–H and O–H groups in total. The van der Waals surface area contributed by atoms with Gasteiger partial charge in [-0.2, -0.15) is 13.2 Å². The van der Waals surface area contributed by atoms with Crippen molar-refractivity contribution in [3.8, 4) is 0 Å². The van der Waals surface area contributed by atoms with Gasteiger partial charge in [0.15, 0.2) is 0 Å². The van der Waals surface area contributed by atoms with Crippen LogP contribution in [0.15, 0.2) is 47.3 Å². The quantitative estimate of drug-likeness (QED) is 0.419. The van der Waals surface area contributed by atoms with Crippen molar-refractivity contribution in [1.82, 2.24) is 9.88 Å². The van der Waals surface area contributed by atoms with Crippen molar-refractivity contribution in [3.05, 3.63) is 47.3 Å². The molecule has 10 nitrogen and oxygen atoms in total. The number of amides is 2. The number of aliphatic carboxylic acids is 2. The summed E-state index contributed by atoms with van der Waals surface area (Å²) in [5.74, 6) is -3.58. The number of hydrogen-bond acceptors (Lipinski definition) is 7. The van der Waals surface area contributed by atoms with Crippen LogP contribution in [0, 0.1) is 0 Å². The number of β-lactam (4-membered cyclic amide) rings is 1. The first-order valence-electron chi connectivity index (χ1n) is 9.33. The third-order valence-electron chi connectivity index (χ3n) is 4.88. The summed E-state index contributed by atoms with van der Waals surface area (Å²) in [5, 5.41) is 16.3. The van der Waals surface area contributed by atoms with E-state index in [4.69, 9.17) is 15.6 Å². The van der Waals surface area contributed by atoms with Crippen LogP contribution in [-0.4, -0.2) is 73.7 Å². The lowest BCUT2D eigenvalue weighted by molar-refractivity contribution is -0.192. The van der Waals surface area contributed by atoms with E-state index >= 15 is 0 Å². The zero-order valence-corrected chi connectivity index (χ0v) is 17.5. The van der Waals surface area contributed by atoms with E-state index in [9.17, 15) is 32.7 Å². The Morgan fingerprint density at radius 2 is 1.91 bits per heavy atom. The number of alkyl halides is 3. The van der Waals surface area contributed by atoms with Crippen molar-refractivity contribution in [2.45, 2.75) is 24.0 Å². The minimum atomic E-state index is -5.08. The van der Waals surface area contributed by atoms with Crippen LogP contribution in [0.5, 0.6) is 0 Å². The molecule has 2 fully saturated rings. The highest BCUT2D eigenvalue weighted by Gasteiger charge is 2.51. The summed E-state index contributed by atoms with van der Waals surface area (Å²) >= 11 is 1.41. The molecule has 0 radical (unpaired) electrons. The minimum Gasteiger partial charge on any atom is -0.477 e. The van der Waals surface area contributed by atoms with E-state index in [1.165, 1.54) is 16.7 Å². The van der Waals surface area contributed by atoms with Gasteiger partial charge in [-0.1, -0.05) is 6.07 Å². The highest BCUT2D eigenvalue weighted by molar-refractivity contribution is 8.00. The van der Waals surface area contributed by atoms with Crippen LogP contribution in [0.4, 0.5) is 19.0 Å². The fourth-order valence-electron chi connectivity index (χ4n) is 3.34. The molecular weight excluding hydrogens is 469 g/mol. The number of carbonyl (C=O) groups excluding carboxylic acids is 2. The molecule has 14 heteroatoms. The molecule has 0 unspecified atom stereocenters. The van der Waals surface area contributed by atoms with Crippen molar-refractivity contribution < 1.29 is 42.6 Å². The maximum atomic E-state index is 12.7. The van der Waals surface area contributed by atoms with Crippen LogP contribution in [0.3, 0.4) is 0 Å². The molecular formula is C19H17F3N4O6S. The van der Waals surface area contributed by atoms with Gasteiger partial charge in [-0.3, -0.25) is 19.4 Å². The molecule has 0 aromatic carbocycles. The summed E-state index contributed by atoms with van der Waals surface area (Å²) in [7, 11) is 0. The smallest absolute Gasteiger partial charge is 0.477 e. The van der Waals surface area contributed by atoms with Gasteiger partial charge in [0.25, 0.3) is 5.91 Å². The van der Waals surface area contributed by atoms with E-state index in [-0.39, 0.29) is 17.0 Å². The number of anilines is 1. The standard InChI is InChI=1S/C17H16N4O4S.C2HF3O2/c18-12-15(23)21-13(17(24)25)10(8-26-16(12)21)7-9-4-6-20(14(9)22)11-3-1-2-5-19-11;3-2(4,5)1(6)7/h1-3,5,7,12,16H,4,6,8,18H2,(H,24,25);(H,6,7)/b9-7+;/t12-,16-;/m1./s1. The number of aromatic nitrogens is 1. The predicted molar refractivity (Wildman–Crippen MR) is 109 cm³/mol. The van der Waals surface area contributed by atoms with Crippen molar-refractivity contribution in [2.75, 3.05) is 17.2 Å². The van der Waals surface area contributed by atoms with Crippen molar-refractivity contribution in [2.24, 2.45) is 5.73 Å². The second-order valence-electron chi connectivity index (χ2n) is 6.98. The lowest BCUT2D eigenvalue weighted by atomic mass is 10.0. The molecule has 4 rings (SSSR count). The van der Waals surface area contributed by atoms with E-state index in [0.717, 1.165) is 0 Å². The summed E-state index contributed by atoms with van der Waals surface area (Å²) in [4.78, 5) is 52.2. The third kappa shape index (κ3) is 4.85.